The highest BCUT2D eigenvalue weighted by Crippen LogP contribution is 2.32. The topological polar surface area (TPSA) is 47.6 Å². The summed E-state index contributed by atoms with van der Waals surface area (Å²) in [4.78, 5) is 11.3. The Morgan fingerprint density at radius 1 is 1.60 bits per heavy atom. The normalized spacial score (nSPS) is 18.1. The molecule has 1 atom stereocenters. The van der Waals surface area contributed by atoms with Gasteiger partial charge in [-0.25, -0.2) is 4.79 Å². The maximum absolute atomic E-state index is 11.3. The van der Waals surface area contributed by atoms with E-state index in [0.29, 0.717) is 12.2 Å². The molecule has 0 amide bonds. The first kappa shape index (κ1) is 9.98. The molecule has 2 rings (SSSR count). The predicted octanol–water partition coefficient (Wildman–Crippen LogP) is 1.13. The summed E-state index contributed by atoms with van der Waals surface area (Å²) in [5.41, 5.74) is 1.61. The summed E-state index contributed by atoms with van der Waals surface area (Å²) in [7, 11) is 3.25. The molecule has 0 saturated heterocycles. The van der Waals surface area contributed by atoms with Gasteiger partial charge < -0.3 is 14.8 Å². The van der Waals surface area contributed by atoms with E-state index in [0.717, 1.165) is 11.3 Å². The number of esters is 1. The van der Waals surface area contributed by atoms with Crippen LogP contribution in [0.5, 0.6) is 5.75 Å². The van der Waals surface area contributed by atoms with E-state index in [-0.39, 0.29) is 12.0 Å². The van der Waals surface area contributed by atoms with Crippen molar-refractivity contribution in [3.05, 3.63) is 29.3 Å². The molecule has 0 fully saturated rings. The molecular weight excluding hydrogens is 194 g/mol. The molecule has 1 aliphatic heterocycles. The van der Waals surface area contributed by atoms with E-state index in [1.54, 1.807) is 12.1 Å². The summed E-state index contributed by atoms with van der Waals surface area (Å²) in [6.45, 7) is 0.608. The zero-order valence-corrected chi connectivity index (χ0v) is 8.74. The lowest BCUT2D eigenvalue weighted by Gasteiger charge is -2.06. The minimum absolute atomic E-state index is 0.215. The largest absolute Gasteiger partial charge is 0.491 e. The number of likely N-dealkylation sites (N-methyl/N-ethyl adjacent to an activating group) is 1. The van der Waals surface area contributed by atoms with E-state index in [4.69, 9.17) is 4.74 Å². The van der Waals surface area contributed by atoms with Gasteiger partial charge in [0, 0.05) is 5.56 Å². The van der Waals surface area contributed by atoms with Gasteiger partial charge >= 0.3 is 5.97 Å². The van der Waals surface area contributed by atoms with Crippen molar-refractivity contribution in [2.24, 2.45) is 0 Å². The van der Waals surface area contributed by atoms with Gasteiger partial charge in [0.25, 0.3) is 0 Å². The number of hydrogen-bond donors (Lipinski definition) is 1. The van der Waals surface area contributed by atoms with Gasteiger partial charge in [0.2, 0.25) is 0 Å². The zero-order valence-electron chi connectivity index (χ0n) is 8.74. The van der Waals surface area contributed by atoms with Crippen LogP contribution in [-0.4, -0.2) is 26.7 Å². The van der Waals surface area contributed by atoms with Crippen molar-refractivity contribution in [3.63, 3.8) is 0 Å². The average Bonchev–Trinajstić information content (AvgIpc) is 2.69. The van der Waals surface area contributed by atoms with Gasteiger partial charge in [0.1, 0.15) is 12.4 Å². The molecule has 4 heteroatoms. The van der Waals surface area contributed by atoms with Crippen molar-refractivity contribution in [2.45, 2.75) is 6.04 Å². The minimum Gasteiger partial charge on any atom is -0.491 e. The van der Waals surface area contributed by atoms with Gasteiger partial charge in [-0.05, 0) is 19.2 Å². The molecule has 80 valence electrons. The molecule has 1 aromatic carbocycles. The third kappa shape index (κ3) is 1.68. The van der Waals surface area contributed by atoms with Crippen LogP contribution in [-0.2, 0) is 4.74 Å². The molecule has 0 unspecified atom stereocenters. The molecule has 0 aliphatic carbocycles. The van der Waals surface area contributed by atoms with Crippen molar-refractivity contribution in [1.29, 1.82) is 0 Å². The Labute approximate surface area is 88.2 Å². The predicted molar refractivity (Wildman–Crippen MR) is 55.1 cm³/mol. The summed E-state index contributed by atoms with van der Waals surface area (Å²) >= 11 is 0. The smallest absolute Gasteiger partial charge is 0.337 e. The first-order chi connectivity index (χ1) is 7.26. The Morgan fingerprint density at radius 2 is 2.40 bits per heavy atom. The van der Waals surface area contributed by atoms with Gasteiger partial charge in [-0.3, -0.25) is 0 Å². The molecule has 1 aromatic rings. The van der Waals surface area contributed by atoms with E-state index in [2.05, 4.69) is 10.1 Å². The Balaban J connectivity index is 2.33. The minimum atomic E-state index is -0.339. The lowest BCUT2D eigenvalue weighted by Crippen LogP contribution is -2.17. The van der Waals surface area contributed by atoms with Crippen LogP contribution in [0.3, 0.4) is 0 Å². The molecule has 1 aliphatic rings. The monoisotopic (exact) mass is 207 g/mol. The second-order valence-electron chi connectivity index (χ2n) is 3.40. The lowest BCUT2D eigenvalue weighted by atomic mass is 10.1. The lowest BCUT2D eigenvalue weighted by molar-refractivity contribution is 0.0600. The van der Waals surface area contributed by atoms with Crippen LogP contribution in [0.4, 0.5) is 0 Å². The number of hydrogen-bond acceptors (Lipinski definition) is 4. The fourth-order valence-corrected chi connectivity index (χ4v) is 1.69. The maximum atomic E-state index is 11.3. The molecule has 0 radical (unpaired) electrons. The molecule has 0 aromatic heterocycles. The number of fused-ring (bicyclic) bond motifs is 1. The van der Waals surface area contributed by atoms with E-state index >= 15 is 0 Å². The van der Waals surface area contributed by atoms with E-state index < -0.39 is 0 Å². The van der Waals surface area contributed by atoms with Gasteiger partial charge in [-0.15, -0.1) is 0 Å². The third-order valence-corrected chi connectivity index (χ3v) is 2.56. The molecule has 0 saturated carbocycles. The van der Waals surface area contributed by atoms with Crippen LogP contribution in [0, 0.1) is 0 Å². The average molecular weight is 207 g/mol. The number of nitrogens with one attached hydrogen (secondary N) is 1. The summed E-state index contributed by atoms with van der Waals surface area (Å²) in [5.74, 6) is 0.423. The van der Waals surface area contributed by atoms with Gasteiger partial charge in [-0.2, -0.15) is 0 Å². The van der Waals surface area contributed by atoms with Crippen molar-refractivity contribution >= 4 is 5.97 Å². The quantitative estimate of drug-likeness (QED) is 0.738. The number of ether oxygens (including phenoxy) is 2. The van der Waals surface area contributed by atoms with Crippen LogP contribution in [0.15, 0.2) is 18.2 Å². The van der Waals surface area contributed by atoms with E-state index in [1.165, 1.54) is 7.11 Å². The van der Waals surface area contributed by atoms with Crippen LogP contribution < -0.4 is 10.1 Å². The number of methoxy groups -OCH3 is 1. The van der Waals surface area contributed by atoms with Crippen LogP contribution in [0.25, 0.3) is 0 Å². The summed E-state index contributed by atoms with van der Waals surface area (Å²) < 4.78 is 10.1. The Hall–Kier alpha value is -1.55. The third-order valence-electron chi connectivity index (χ3n) is 2.56. The zero-order chi connectivity index (χ0) is 10.8. The Kier molecular flexibility index (Phi) is 2.60. The molecular formula is C11H13NO3. The number of benzene rings is 1. The van der Waals surface area contributed by atoms with Crippen molar-refractivity contribution in [2.75, 3.05) is 20.8 Å². The van der Waals surface area contributed by atoms with Crippen molar-refractivity contribution < 1.29 is 14.3 Å². The first-order valence-electron chi connectivity index (χ1n) is 4.78. The standard InChI is InChI=1S/C11H13NO3/c1-12-9-6-15-10-5-7(11(13)14-2)3-4-8(9)10/h3-5,9,12H,6H2,1-2H3/t9-/m1/s1. The highest BCUT2D eigenvalue weighted by atomic mass is 16.5. The van der Waals surface area contributed by atoms with E-state index in [9.17, 15) is 4.79 Å². The summed E-state index contributed by atoms with van der Waals surface area (Å²) in [5, 5.41) is 3.14. The molecule has 15 heavy (non-hydrogen) atoms. The van der Waals surface area contributed by atoms with E-state index in [1.807, 2.05) is 13.1 Å². The molecule has 0 spiro atoms. The highest BCUT2D eigenvalue weighted by Gasteiger charge is 2.23. The highest BCUT2D eigenvalue weighted by molar-refractivity contribution is 5.90. The van der Waals surface area contributed by atoms with Crippen LogP contribution >= 0.6 is 0 Å². The summed E-state index contributed by atoms with van der Waals surface area (Å²) in [6.07, 6.45) is 0. The number of carbonyl (C=O) groups excluding carboxylic acids is 1. The summed E-state index contributed by atoms with van der Waals surface area (Å²) in [6, 6.07) is 5.59. The molecule has 4 nitrogen and oxygen atoms in total. The van der Waals surface area contributed by atoms with Crippen molar-refractivity contribution in [1.82, 2.24) is 5.32 Å². The first-order valence-corrected chi connectivity index (χ1v) is 4.78. The molecule has 1 heterocycles. The number of rotatable bonds is 2. The maximum Gasteiger partial charge on any atom is 0.337 e. The van der Waals surface area contributed by atoms with Crippen LogP contribution in [0.1, 0.15) is 22.0 Å². The van der Waals surface area contributed by atoms with Crippen LogP contribution in [0.2, 0.25) is 0 Å². The fourth-order valence-electron chi connectivity index (χ4n) is 1.69. The van der Waals surface area contributed by atoms with Gasteiger partial charge in [-0.1, -0.05) is 6.07 Å². The molecule has 0 bridgehead atoms. The second-order valence-corrected chi connectivity index (χ2v) is 3.40. The van der Waals surface area contributed by atoms with Gasteiger partial charge in [0.05, 0.1) is 18.7 Å². The number of carbonyl (C=O) groups is 1. The molecule has 1 N–H and O–H groups in total. The SMILES string of the molecule is CN[C@@H]1COc2cc(C(=O)OC)ccc21. The van der Waals surface area contributed by atoms with Gasteiger partial charge in [0.15, 0.2) is 0 Å². The fraction of sp³-hybridized carbons (Fsp3) is 0.364. The Morgan fingerprint density at radius 3 is 3.07 bits per heavy atom. The second kappa shape index (κ2) is 3.90. The van der Waals surface area contributed by atoms with Crippen molar-refractivity contribution in [3.8, 4) is 5.75 Å². The Bertz CT molecular complexity index is 389.